The molecule has 1 aromatic carbocycles. The second kappa shape index (κ2) is 10.1. The first-order chi connectivity index (χ1) is 16.5. The zero-order chi connectivity index (χ0) is 24.1. The molecule has 4 aromatic heterocycles. The Hall–Kier alpha value is -4.31. The van der Waals surface area contributed by atoms with Crippen molar-refractivity contribution < 1.29 is 14.3 Å². The summed E-state index contributed by atoms with van der Waals surface area (Å²) >= 11 is 5.64. The number of benzene rings is 1. The first-order valence-corrected chi connectivity index (χ1v) is 10.6. The number of hydrogen-bond acceptors (Lipinski definition) is 8. The number of carbonyl (C=O) groups excluding carboxylic acids is 2. The number of anilines is 2. The van der Waals surface area contributed by atoms with E-state index in [4.69, 9.17) is 16.3 Å². The van der Waals surface area contributed by atoms with Crippen LogP contribution in [0.3, 0.4) is 0 Å². The van der Waals surface area contributed by atoms with Crippen LogP contribution in [0.5, 0.6) is 5.75 Å². The maximum absolute atomic E-state index is 11.0. The van der Waals surface area contributed by atoms with E-state index in [0.717, 1.165) is 17.7 Å². The van der Waals surface area contributed by atoms with Crippen LogP contribution in [-0.2, 0) is 0 Å². The van der Waals surface area contributed by atoms with Gasteiger partial charge in [0, 0.05) is 24.1 Å². The number of halogens is 1. The molecule has 0 aliphatic carbocycles. The number of ether oxygens (including phenoxy) is 1. The highest BCUT2D eigenvalue weighted by Gasteiger charge is 2.07. The first-order valence-electron chi connectivity index (χ1n) is 10.2. The van der Waals surface area contributed by atoms with Crippen LogP contribution in [0.2, 0.25) is 5.15 Å². The summed E-state index contributed by atoms with van der Waals surface area (Å²) in [7, 11) is 0. The Bertz CT molecular complexity index is 1460. The summed E-state index contributed by atoms with van der Waals surface area (Å²) < 4.78 is 8.72. The van der Waals surface area contributed by atoms with Crippen LogP contribution in [0, 0.1) is 0 Å². The Morgan fingerprint density at radius 2 is 1.59 bits per heavy atom. The van der Waals surface area contributed by atoms with Gasteiger partial charge in [0.2, 0.25) is 0 Å². The van der Waals surface area contributed by atoms with E-state index >= 15 is 0 Å². The number of rotatable bonds is 6. The number of hydrogen-bond donors (Lipinski definition) is 1. The average Bonchev–Trinajstić information content (AvgIpc) is 3.42. The maximum atomic E-state index is 11.0. The van der Waals surface area contributed by atoms with Gasteiger partial charge in [0.05, 0.1) is 29.6 Å². The molecule has 5 aromatic rings. The van der Waals surface area contributed by atoms with Gasteiger partial charge in [0.25, 0.3) is 0 Å². The Balaban J connectivity index is 0.000000192. The van der Waals surface area contributed by atoms with E-state index in [-0.39, 0.29) is 6.10 Å². The first kappa shape index (κ1) is 22.9. The highest BCUT2D eigenvalue weighted by molar-refractivity contribution is 6.29. The molecule has 0 saturated heterocycles. The molecule has 0 spiro atoms. The van der Waals surface area contributed by atoms with Gasteiger partial charge < -0.3 is 10.1 Å². The van der Waals surface area contributed by atoms with Crippen molar-refractivity contribution in [3.8, 4) is 5.75 Å². The van der Waals surface area contributed by atoms with Crippen molar-refractivity contribution in [2.45, 2.75) is 20.0 Å². The normalized spacial score (nSPS) is 10.7. The van der Waals surface area contributed by atoms with Crippen molar-refractivity contribution in [3.05, 3.63) is 77.5 Å². The lowest BCUT2D eigenvalue weighted by Crippen LogP contribution is -2.05. The van der Waals surface area contributed by atoms with Crippen LogP contribution < -0.4 is 10.1 Å². The number of fused-ring (bicyclic) bond motifs is 2. The lowest BCUT2D eigenvalue weighted by Gasteiger charge is -2.11. The van der Waals surface area contributed by atoms with Gasteiger partial charge in [0.1, 0.15) is 16.7 Å². The molecule has 0 radical (unpaired) electrons. The summed E-state index contributed by atoms with van der Waals surface area (Å²) in [6.45, 7) is 3.96. The number of carbonyl (C=O) groups is 2. The third kappa shape index (κ3) is 5.18. The number of nitrogens with zero attached hydrogens (tertiary/aromatic N) is 6. The zero-order valence-corrected chi connectivity index (χ0v) is 19.0. The van der Waals surface area contributed by atoms with E-state index in [9.17, 15) is 9.59 Å². The van der Waals surface area contributed by atoms with Gasteiger partial charge in [-0.05, 0) is 38.1 Å². The molecule has 172 valence electrons. The minimum Gasteiger partial charge on any atom is -0.491 e. The molecule has 0 aliphatic heterocycles. The van der Waals surface area contributed by atoms with Crippen LogP contribution in [0.25, 0.3) is 11.3 Å². The predicted octanol–water partition coefficient (Wildman–Crippen LogP) is 4.27. The van der Waals surface area contributed by atoms with Crippen LogP contribution in [0.4, 0.5) is 11.5 Å². The Kier molecular flexibility index (Phi) is 6.79. The lowest BCUT2D eigenvalue weighted by atomic mass is 10.3. The number of nitrogens with one attached hydrogen (secondary N) is 1. The fourth-order valence-corrected chi connectivity index (χ4v) is 3.19. The molecule has 4 heterocycles. The van der Waals surface area contributed by atoms with Gasteiger partial charge in [-0.2, -0.15) is 10.2 Å². The van der Waals surface area contributed by atoms with Crippen LogP contribution in [0.15, 0.2) is 61.2 Å². The fourth-order valence-electron chi connectivity index (χ4n) is 3.05. The summed E-state index contributed by atoms with van der Waals surface area (Å²) in [4.78, 5) is 29.8. The third-order valence-corrected chi connectivity index (χ3v) is 4.70. The SMILES string of the molecule is CC(C)Oc1cccc(Nc2ccn3ncc(C=O)c3n2)c1.O=Cc1cnn2ccc(Cl)nc12. The molecule has 0 unspecified atom stereocenters. The topological polar surface area (TPSA) is 116 Å². The van der Waals surface area contributed by atoms with E-state index in [1.165, 1.54) is 16.9 Å². The van der Waals surface area contributed by atoms with E-state index in [1.54, 1.807) is 29.0 Å². The maximum Gasteiger partial charge on any atom is 0.167 e. The minimum atomic E-state index is 0.117. The molecule has 10 nitrogen and oxygen atoms in total. The number of aldehydes is 2. The molecular weight excluding hydrogens is 458 g/mol. The molecule has 11 heteroatoms. The van der Waals surface area contributed by atoms with E-state index in [1.807, 2.05) is 38.1 Å². The summed E-state index contributed by atoms with van der Waals surface area (Å²) in [5.41, 5.74) is 2.77. The lowest BCUT2D eigenvalue weighted by molar-refractivity contribution is 0.111. The fraction of sp³-hybridized carbons (Fsp3) is 0.130. The van der Waals surface area contributed by atoms with Crippen molar-refractivity contribution >= 4 is 47.0 Å². The van der Waals surface area contributed by atoms with Gasteiger partial charge in [-0.3, -0.25) is 9.59 Å². The van der Waals surface area contributed by atoms with Crippen LogP contribution in [0.1, 0.15) is 34.6 Å². The Labute approximate surface area is 199 Å². The molecule has 1 N–H and O–H groups in total. The van der Waals surface area contributed by atoms with Gasteiger partial charge in [-0.25, -0.2) is 19.0 Å². The predicted molar refractivity (Wildman–Crippen MR) is 127 cm³/mol. The van der Waals surface area contributed by atoms with Crippen molar-refractivity contribution in [1.82, 2.24) is 29.2 Å². The molecule has 0 bridgehead atoms. The largest absolute Gasteiger partial charge is 0.491 e. The van der Waals surface area contributed by atoms with Crippen molar-refractivity contribution in [1.29, 1.82) is 0 Å². The average molecular weight is 478 g/mol. The smallest absolute Gasteiger partial charge is 0.167 e. The standard InChI is InChI=1S/C16H16N4O2.C7H4ClN3O/c1-11(2)22-14-5-3-4-13(8-14)18-15-6-7-20-16(19-15)12(10-21)9-17-20;8-6-1-2-11-7(10-6)5(4-12)3-9-11/h3-11H,1-2H3,(H,18,19);1-4H. The quantitative estimate of drug-likeness (QED) is 0.285. The summed E-state index contributed by atoms with van der Waals surface area (Å²) in [6.07, 6.45) is 7.92. The molecule has 0 amide bonds. The second-order valence-corrected chi connectivity index (χ2v) is 7.74. The van der Waals surface area contributed by atoms with Crippen molar-refractivity contribution in [2.24, 2.45) is 0 Å². The minimum absolute atomic E-state index is 0.117. The molecule has 0 aliphatic rings. The third-order valence-electron chi connectivity index (χ3n) is 4.49. The highest BCUT2D eigenvalue weighted by Crippen LogP contribution is 2.22. The molecule has 5 rings (SSSR count). The van der Waals surface area contributed by atoms with E-state index in [2.05, 4.69) is 25.5 Å². The molecule has 0 atom stereocenters. The van der Waals surface area contributed by atoms with Crippen LogP contribution >= 0.6 is 11.6 Å². The number of aromatic nitrogens is 6. The second-order valence-electron chi connectivity index (χ2n) is 7.35. The zero-order valence-electron chi connectivity index (χ0n) is 18.3. The Morgan fingerprint density at radius 3 is 2.24 bits per heavy atom. The van der Waals surface area contributed by atoms with Gasteiger partial charge >= 0.3 is 0 Å². The van der Waals surface area contributed by atoms with Crippen molar-refractivity contribution in [3.63, 3.8) is 0 Å². The van der Waals surface area contributed by atoms with Gasteiger partial charge in [-0.1, -0.05) is 17.7 Å². The monoisotopic (exact) mass is 477 g/mol. The van der Waals surface area contributed by atoms with E-state index < -0.39 is 0 Å². The molecule has 0 saturated carbocycles. The van der Waals surface area contributed by atoms with Gasteiger partial charge in [-0.15, -0.1) is 0 Å². The van der Waals surface area contributed by atoms with E-state index in [0.29, 0.717) is 39.7 Å². The summed E-state index contributed by atoms with van der Waals surface area (Å²) in [5, 5.41) is 11.5. The van der Waals surface area contributed by atoms with Crippen molar-refractivity contribution in [2.75, 3.05) is 5.32 Å². The molecule has 34 heavy (non-hydrogen) atoms. The molecule has 0 fully saturated rings. The highest BCUT2D eigenvalue weighted by atomic mass is 35.5. The van der Waals surface area contributed by atoms with Crippen LogP contribution in [-0.4, -0.2) is 47.9 Å². The summed E-state index contributed by atoms with van der Waals surface area (Å²) in [5.74, 6) is 1.43. The Morgan fingerprint density at radius 1 is 0.941 bits per heavy atom. The van der Waals surface area contributed by atoms with Gasteiger partial charge in [0.15, 0.2) is 23.9 Å². The molecular formula is C23H20ClN7O3. The summed E-state index contributed by atoms with van der Waals surface area (Å²) in [6, 6.07) is 11.1.